The maximum atomic E-state index is 13.2. The summed E-state index contributed by atoms with van der Waals surface area (Å²) >= 11 is 8.44. The number of carbonyl (C=O) groups excluding carboxylic acids is 1. The number of carbonyl (C=O) groups is 1. The third-order valence-corrected chi connectivity index (χ3v) is 8.20. The highest BCUT2D eigenvalue weighted by Crippen LogP contribution is 2.47. The van der Waals surface area contributed by atoms with Crippen molar-refractivity contribution in [3.8, 4) is 0 Å². The molecule has 0 saturated carbocycles. The van der Waals surface area contributed by atoms with E-state index in [4.69, 9.17) is 21.1 Å². The number of hydrogen-bond acceptors (Lipinski definition) is 4. The van der Waals surface area contributed by atoms with E-state index in [1.165, 1.54) is 20.9 Å². The second-order valence-electron chi connectivity index (χ2n) is 11.7. The number of amides is 1. The van der Waals surface area contributed by atoms with Gasteiger partial charge in [-0.2, -0.15) is 0 Å². The Bertz CT molecular complexity index is 1270. The Morgan fingerprint density at radius 3 is 2.54 bits per heavy atom. The molecule has 5 nitrogen and oxygen atoms in total. The molecule has 200 valence electrons. The maximum absolute atomic E-state index is 13.2. The summed E-state index contributed by atoms with van der Waals surface area (Å²) in [5.41, 5.74) is 3.79. The topological polar surface area (TPSA) is 43.7 Å². The van der Waals surface area contributed by atoms with Gasteiger partial charge in [-0.1, -0.05) is 51.4 Å². The standard InChI is InChI=1S/C30H39ClN2O3S/c1-9-10-24(35-8)23-18-21(31)22-12-11-19(13-15-32(22)23)25-17-20-14-16-33(28(34)36-30(5,6)7)27(26(20)37-25)29(2,3)4/h10-13,17-18,27H,9,14-16H2,1-8H3/b24-10+. The van der Waals surface area contributed by atoms with Crippen LogP contribution in [0.1, 0.15) is 87.6 Å². The van der Waals surface area contributed by atoms with E-state index in [9.17, 15) is 4.79 Å². The normalized spacial score (nSPS) is 18.2. The van der Waals surface area contributed by atoms with E-state index in [-0.39, 0.29) is 17.6 Å². The quantitative estimate of drug-likeness (QED) is 0.363. The molecule has 0 saturated heterocycles. The lowest BCUT2D eigenvalue weighted by Gasteiger charge is -2.43. The van der Waals surface area contributed by atoms with Gasteiger partial charge in [0.15, 0.2) is 0 Å². The molecule has 2 aromatic heterocycles. The van der Waals surface area contributed by atoms with Crippen molar-refractivity contribution in [2.45, 2.75) is 79.5 Å². The summed E-state index contributed by atoms with van der Waals surface area (Å²) in [5, 5.41) is 0.714. The lowest BCUT2D eigenvalue weighted by Crippen LogP contribution is -2.46. The van der Waals surface area contributed by atoms with Crippen LogP contribution in [0.3, 0.4) is 0 Å². The number of ether oxygens (including phenoxy) is 2. The molecule has 4 rings (SSSR count). The van der Waals surface area contributed by atoms with E-state index < -0.39 is 5.60 Å². The van der Waals surface area contributed by atoms with Gasteiger partial charge < -0.3 is 14.0 Å². The number of hydrogen-bond donors (Lipinski definition) is 0. The van der Waals surface area contributed by atoms with Crippen molar-refractivity contribution in [3.05, 3.63) is 62.1 Å². The van der Waals surface area contributed by atoms with Crippen LogP contribution in [-0.2, 0) is 22.4 Å². The van der Waals surface area contributed by atoms with Crippen LogP contribution in [-0.4, -0.2) is 34.8 Å². The second kappa shape index (κ2) is 10.4. The Morgan fingerprint density at radius 1 is 1.19 bits per heavy atom. The van der Waals surface area contributed by atoms with E-state index >= 15 is 0 Å². The molecule has 2 aromatic rings. The van der Waals surface area contributed by atoms with Gasteiger partial charge in [0.1, 0.15) is 11.4 Å². The molecule has 0 aromatic carbocycles. The first-order chi connectivity index (χ1) is 17.3. The van der Waals surface area contributed by atoms with Crippen molar-refractivity contribution in [2.24, 2.45) is 5.41 Å². The summed E-state index contributed by atoms with van der Waals surface area (Å²) in [6.45, 7) is 15.8. The monoisotopic (exact) mass is 542 g/mol. The molecule has 1 atom stereocenters. The first-order valence-corrected chi connectivity index (χ1v) is 14.2. The summed E-state index contributed by atoms with van der Waals surface area (Å²) in [5.74, 6) is 0.836. The first-order valence-electron chi connectivity index (χ1n) is 13.0. The molecule has 7 heteroatoms. The highest BCUT2D eigenvalue weighted by molar-refractivity contribution is 7.13. The van der Waals surface area contributed by atoms with Gasteiger partial charge in [-0.25, -0.2) is 4.79 Å². The molecule has 0 aliphatic carbocycles. The zero-order valence-electron chi connectivity index (χ0n) is 23.3. The van der Waals surface area contributed by atoms with Gasteiger partial charge in [-0.05, 0) is 74.4 Å². The van der Waals surface area contributed by atoms with Crippen molar-refractivity contribution in [1.82, 2.24) is 9.47 Å². The van der Waals surface area contributed by atoms with Crippen molar-refractivity contribution < 1.29 is 14.3 Å². The average Bonchev–Trinajstić information content (AvgIpc) is 3.27. The third kappa shape index (κ3) is 5.70. The maximum Gasteiger partial charge on any atom is 0.410 e. The smallest absolute Gasteiger partial charge is 0.410 e. The molecule has 4 heterocycles. The number of nitrogens with zero attached hydrogens (tertiary/aromatic N) is 2. The molecule has 37 heavy (non-hydrogen) atoms. The van der Waals surface area contributed by atoms with Crippen LogP contribution in [0.25, 0.3) is 17.4 Å². The van der Waals surface area contributed by atoms with Crippen LogP contribution in [0.5, 0.6) is 0 Å². The summed E-state index contributed by atoms with van der Waals surface area (Å²) in [4.78, 5) is 17.6. The van der Waals surface area contributed by atoms with Crippen LogP contribution in [0.2, 0.25) is 5.02 Å². The van der Waals surface area contributed by atoms with Gasteiger partial charge in [-0.15, -0.1) is 11.3 Å². The predicted octanol–water partition coefficient (Wildman–Crippen LogP) is 8.59. The van der Waals surface area contributed by atoms with Crippen LogP contribution in [0, 0.1) is 5.41 Å². The summed E-state index contributed by atoms with van der Waals surface area (Å²) < 4.78 is 13.7. The minimum Gasteiger partial charge on any atom is -0.495 e. The molecule has 0 fully saturated rings. The van der Waals surface area contributed by atoms with Gasteiger partial charge in [-0.3, -0.25) is 4.90 Å². The summed E-state index contributed by atoms with van der Waals surface area (Å²) in [7, 11) is 1.70. The number of allylic oxidation sites excluding steroid dienone is 4. The van der Waals surface area contributed by atoms with Crippen molar-refractivity contribution in [3.63, 3.8) is 0 Å². The Morgan fingerprint density at radius 2 is 1.92 bits per heavy atom. The van der Waals surface area contributed by atoms with Crippen LogP contribution >= 0.6 is 22.9 Å². The Kier molecular flexibility index (Phi) is 7.74. The highest BCUT2D eigenvalue weighted by atomic mass is 35.5. The van der Waals surface area contributed by atoms with E-state index in [0.717, 1.165) is 30.0 Å². The molecule has 0 spiro atoms. The highest BCUT2D eigenvalue weighted by Gasteiger charge is 2.41. The molecule has 0 bridgehead atoms. The predicted molar refractivity (Wildman–Crippen MR) is 155 cm³/mol. The van der Waals surface area contributed by atoms with Gasteiger partial charge in [0.2, 0.25) is 0 Å². The number of rotatable bonds is 4. The minimum atomic E-state index is -0.526. The average molecular weight is 543 g/mol. The molecular formula is C30H39ClN2O3S. The Labute approximate surface area is 230 Å². The Hall–Kier alpha value is -2.44. The molecular weight excluding hydrogens is 504 g/mol. The van der Waals surface area contributed by atoms with E-state index in [1.807, 2.05) is 31.7 Å². The van der Waals surface area contributed by atoms with Crippen LogP contribution in [0.4, 0.5) is 4.79 Å². The van der Waals surface area contributed by atoms with Crippen molar-refractivity contribution in [2.75, 3.05) is 13.7 Å². The fourth-order valence-corrected chi connectivity index (χ4v) is 6.95. The summed E-state index contributed by atoms with van der Waals surface area (Å²) in [6, 6.07) is 4.24. The van der Waals surface area contributed by atoms with Crippen molar-refractivity contribution >= 4 is 46.4 Å². The first kappa shape index (κ1) is 27.6. The van der Waals surface area contributed by atoms with Crippen LogP contribution in [0.15, 0.2) is 30.4 Å². The number of methoxy groups -OCH3 is 1. The molecule has 0 N–H and O–H groups in total. The molecule has 2 aliphatic heterocycles. The van der Waals surface area contributed by atoms with E-state index in [0.29, 0.717) is 18.1 Å². The molecule has 1 amide bonds. The molecule has 0 radical (unpaired) electrons. The fourth-order valence-electron chi connectivity index (χ4n) is 5.09. The second-order valence-corrected chi connectivity index (χ2v) is 13.2. The minimum absolute atomic E-state index is 0.0431. The fraction of sp³-hybridized carbons (Fsp3) is 0.500. The largest absolute Gasteiger partial charge is 0.495 e. The van der Waals surface area contributed by atoms with Gasteiger partial charge in [0.05, 0.1) is 29.6 Å². The number of thiophene rings is 1. The molecule has 2 aliphatic rings. The molecule has 1 unspecified atom stereocenters. The van der Waals surface area contributed by atoms with Gasteiger partial charge in [0, 0.05) is 22.8 Å². The van der Waals surface area contributed by atoms with E-state index in [2.05, 4.69) is 62.6 Å². The number of aromatic nitrogens is 1. The van der Waals surface area contributed by atoms with Gasteiger partial charge >= 0.3 is 6.09 Å². The van der Waals surface area contributed by atoms with Crippen LogP contribution < -0.4 is 0 Å². The lowest BCUT2D eigenvalue weighted by atomic mass is 9.81. The Balaban J connectivity index is 1.69. The lowest BCUT2D eigenvalue weighted by molar-refractivity contribution is -0.000143. The van der Waals surface area contributed by atoms with Crippen molar-refractivity contribution in [1.29, 1.82) is 0 Å². The van der Waals surface area contributed by atoms with Gasteiger partial charge in [0.25, 0.3) is 0 Å². The number of fused-ring (bicyclic) bond motifs is 2. The van der Waals surface area contributed by atoms with E-state index in [1.54, 1.807) is 18.4 Å². The zero-order valence-corrected chi connectivity index (χ0v) is 24.8. The zero-order chi connectivity index (χ0) is 27.1. The SMILES string of the molecule is CC/C=C(/OC)c1cc(Cl)c2n1CC=C(c1cc3c(s1)C(C(C)(C)C)N(C(=O)OC(C)(C)C)CC3)C=C2. The third-order valence-electron chi connectivity index (χ3n) is 6.62. The summed E-state index contributed by atoms with van der Waals surface area (Å²) in [6.07, 6.45) is 10.0. The number of halogens is 1.